The van der Waals surface area contributed by atoms with Gasteiger partial charge in [-0.1, -0.05) is 26.0 Å². The van der Waals surface area contributed by atoms with Crippen LogP contribution >= 0.6 is 12.6 Å². The molecule has 0 fully saturated rings. The normalized spacial score (nSPS) is 10.0. The zero-order chi connectivity index (χ0) is 6.95. The molecule has 0 atom stereocenters. The van der Waals surface area contributed by atoms with E-state index in [0.29, 0.717) is 0 Å². The van der Waals surface area contributed by atoms with Crippen molar-refractivity contribution in [3.8, 4) is 0 Å². The van der Waals surface area contributed by atoms with Gasteiger partial charge in [-0.05, 0) is 12.8 Å². The minimum atomic E-state index is 0.826. The Bertz CT molecular complexity index is 42.2. The van der Waals surface area contributed by atoms with Crippen molar-refractivity contribution < 1.29 is 4.74 Å². The maximum Gasteiger partial charge on any atom is 0.0474 e. The molecule has 0 aliphatic rings. The molecule has 2 heteroatoms. The molecule has 1 radical (unpaired) electrons. The van der Waals surface area contributed by atoms with Crippen LogP contribution in [0.5, 0.6) is 0 Å². The molecule has 0 bridgehead atoms. The molecule has 0 unspecified atom stereocenters. The minimum absolute atomic E-state index is 0.826. The van der Waals surface area contributed by atoms with E-state index in [1.165, 1.54) is 12.8 Å². The van der Waals surface area contributed by atoms with Crippen molar-refractivity contribution in [1.82, 2.24) is 0 Å². The number of unbranched alkanes of at least 4 members (excludes halogenated alkanes) is 1. The average Bonchev–Trinajstić information content (AvgIpc) is 1.89. The molecule has 0 aromatic rings. The Morgan fingerprint density at radius 1 is 1.22 bits per heavy atom. The Labute approximate surface area is 63.2 Å². The van der Waals surface area contributed by atoms with Crippen LogP contribution in [0.25, 0.3) is 0 Å². The van der Waals surface area contributed by atoms with Gasteiger partial charge in [0.2, 0.25) is 0 Å². The highest BCUT2D eigenvalue weighted by molar-refractivity contribution is 7.80. The molecule has 0 aromatic heterocycles. The van der Waals surface area contributed by atoms with E-state index in [1.54, 1.807) is 0 Å². The highest BCUT2D eigenvalue weighted by atomic mass is 32.1. The topological polar surface area (TPSA) is 9.23 Å². The van der Waals surface area contributed by atoms with Gasteiger partial charge in [-0.15, -0.1) is 0 Å². The van der Waals surface area contributed by atoms with Gasteiger partial charge in [-0.3, -0.25) is 0 Å². The van der Waals surface area contributed by atoms with Crippen LogP contribution < -0.4 is 0 Å². The van der Waals surface area contributed by atoms with E-state index in [9.17, 15) is 0 Å². The summed E-state index contributed by atoms with van der Waals surface area (Å²) < 4.78 is 5.25. The van der Waals surface area contributed by atoms with Gasteiger partial charge in [-0.25, -0.2) is 0 Å². The Morgan fingerprint density at radius 2 is 1.89 bits per heavy atom. The van der Waals surface area contributed by atoms with Crippen molar-refractivity contribution in [2.24, 2.45) is 0 Å². The smallest absolute Gasteiger partial charge is 0.0474 e. The molecular formula is C7H15OS. The van der Waals surface area contributed by atoms with Crippen LogP contribution in [0.4, 0.5) is 0 Å². The van der Waals surface area contributed by atoms with Crippen LogP contribution in [-0.2, 0) is 4.74 Å². The SMILES string of the molecule is CCCCOCCC[S]. The predicted molar refractivity (Wildman–Crippen MR) is 42.8 cm³/mol. The molecule has 1 nitrogen and oxygen atoms in total. The standard InChI is InChI=1S/C7H15OS/c1-2-3-5-8-6-4-7-9/h2-7H2,1H3. The second-order valence-electron chi connectivity index (χ2n) is 2.02. The fraction of sp³-hybridized carbons (Fsp3) is 1.00. The monoisotopic (exact) mass is 147 g/mol. The third-order valence-corrected chi connectivity index (χ3v) is 1.36. The molecule has 0 saturated heterocycles. The maximum atomic E-state index is 5.25. The van der Waals surface area contributed by atoms with E-state index < -0.39 is 0 Å². The molecule has 0 amide bonds. The maximum absolute atomic E-state index is 5.25. The van der Waals surface area contributed by atoms with Crippen LogP contribution in [0.2, 0.25) is 0 Å². The van der Waals surface area contributed by atoms with Crippen molar-refractivity contribution in [3.05, 3.63) is 0 Å². The molecule has 0 aromatic carbocycles. The highest BCUT2D eigenvalue weighted by Crippen LogP contribution is 1.90. The van der Waals surface area contributed by atoms with Gasteiger partial charge >= 0.3 is 0 Å². The molecule has 0 saturated carbocycles. The van der Waals surface area contributed by atoms with E-state index in [-0.39, 0.29) is 0 Å². The van der Waals surface area contributed by atoms with Gasteiger partial charge in [-0.2, -0.15) is 0 Å². The van der Waals surface area contributed by atoms with E-state index in [2.05, 4.69) is 6.92 Å². The molecule has 0 N–H and O–H groups in total. The lowest BCUT2D eigenvalue weighted by Crippen LogP contribution is -1.96. The summed E-state index contributed by atoms with van der Waals surface area (Å²) in [5.41, 5.74) is 0. The summed E-state index contributed by atoms with van der Waals surface area (Å²) in [5, 5.41) is 0. The molecule has 9 heavy (non-hydrogen) atoms. The zero-order valence-electron chi connectivity index (χ0n) is 6.06. The molecule has 55 valence electrons. The zero-order valence-corrected chi connectivity index (χ0v) is 6.88. The van der Waals surface area contributed by atoms with E-state index in [4.69, 9.17) is 17.4 Å². The third-order valence-electron chi connectivity index (χ3n) is 1.08. The summed E-state index contributed by atoms with van der Waals surface area (Å²) in [6.07, 6.45) is 3.42. The van der Waals surface area contributed by atoms with Gasteiger partial charge in [0.15, 0.2) is 0 Å². The van der Waals surface area contributed by atoms with Gasteiger partial charge in [0.25, 0.3) is 0 Å². The average molecular weight is 147 g/mol. The molecular weight excluding hydrogens is 132 g/mol. The van der Waals surface area contributed by atoms with Gasteiger partial charge in [0.05, 0.1) is 0 Å². The van der Waals surface area contributed by atoms with Crippen LogP contribution in [-0.4, -0.2) is 19.0 Å². The van der Waals surface area contributed by atoms with Crippen molar-refractivity contribution in [1.29, 1.82) is 0 Å². The first-order valence-electron chi connectivity index (χ1n) is 3.57. The number of hydrogen-bond donors (Lipinski definition) is 0. The first kappa shape index (κ1) is 9.31. The Balaban J connectivity index is 2.60. The molecule has 0 heterocycles. The van der Waals surface area contributed by atoms with Crippen LogP contribution in [0, 0.1) is 0 Å². The number of rotatable bonds is 6. The van der Waals surface area contributed by atoms with E-state index >= 15 is 0 Å². The quantitative estimate of drug-likeness (QED) is 0.524. The summed E-state index contributed by atoms with van der Waals surface area (Å²) in [7, 11) is 0. The fourth-order valence-corrected chi connectivity index (χ4v) is 0.627. The predicted octanol–water partition coefficient (Wildman–Crippen LogP) is 2.39. The van der Waals surface area contributed by atoms with Gasteiger partial charge < -0.3 is 4.74 Å². The van der Waals surface area contributed by atoms with E-state index in [0.717, 1.165) is 25.4 Å². The second kappa shape index (κ2) is 8.31. The van der Waals surface area contributed by atoms with Gasteiger partial charge in [0, 0.05) is 19.0 Å². The first-order valence-corrected chi connectivity index (χ1v) is 4.15. The highest BCUT2D eigenvalue weighted by Gasteiger charge is 1.85. The van der Waals surface area contributed by atoms with Crippen LogP contribution in [0.15, 0.2) is 0 Å². The largest absolute Gasteiger partial charge is 0.381 e. The van der Waals surface area contributed by atoms with Crippen molar-refractivity contribution in [3.63, 3.8) is 0 Å². The Kier molecular flexibility index (Phi) is 8.60. The summed E-state index contributed by atoms with van der Waals surface area (Å²) >= 11 is 4.75. The number of ether oxygens (including phenoxy) is 1. The fourth-order valence-electron chi connectivity index (χ4n) is 0.509. The minimum Gasteiger partial charge on any atom is -0.381 e. The third kappa shape index (κ3) is 8.31. The van der Waals surface area contributed by atoms with Crippen LogP contribution in [0.1, 0.15) is 26.2 Å². The second-order valence-corrected chi connectivity index (χ2v) is 2.43. The van der Waals surface area contributed by atoms with Crippen molar-refractivity contribution in [2.45, 2.75) is 26.2 Å². The lowest BCUT2D eigenvalue weighted by molar-refractivity contribution is 0.132. The first-order chi connectivity index (χ1) is 4.41. The van der Waals surface area contributed by atoms with E-state index in [1.807, 2.05) is 0 Å². The van der Waals surface area contributed by atoms with Crippen molar-refractivity contribution >= 4 is 12.6 Å². The Hall–Kier alpha value is 0.310. The summed E-state index contributed by atoms with van der Waals surface area (Å²) in [5.74, 6) is 0.826. The van der Waals surface area contributed by atoms with Crippen LogP contribution in [0.3, 0.4) is 0 Å². The molecule has 0 spiro atoms. The lowest BCUT2D eigenvalue weighted by Gasteiger charge is -1.99. The number of hydrogen-bond acceptors (Lipinski definition) is 1. The molecule has 0 aliphatic carbocycles. The Morgan fingerprint density at radius 3 is 2.44 bits per heavy atom. The van der Waals surface area contributed by atoms with Crippen molar-refractivity contribution in [2.75, 3.05) is 19.0 Å². The lowest BCUT2D eigenvalue weighted by atomic mass is 10.4. The summed E-state index contributed by atoms with van der Waals surface area (Å²) in [6.45, 7) is 3.92. The van der Waals surface area contributed by atoms with Gasteiger partial charge in [0.1, 0.15) is 0 Å². The molecule has 0 aliphatic heterocycles. The summed E-state index contributed by atoms with van der Waals surface area (Å²) in [6, 6.07) is 0. The molecule has 0 rings (SSSR count). The summed E-state index contributed by atoms with van der Waals surface area (Å²) in [4.78, 5) is 0.